The average Bonchev–Trinajstić information content (AvgIpc) is 3.62. The molecule has 14 nitrogen and oxygen atoms in total. The number of carbonyl (C=O) groups excluding carboxylic acids is 2. The van der Waals surface area contributed by atoms with Gasteiger partial charge in [-0.05, 0) is 108 Å². The zero-order valence-corrected chi connectivity index (χ0v) is 41.5. The van der Waals surface area contributed by atoms with E-state index in [1.54, 1.807) is 24.3 Å². The highest BCUT2D eigenvalue weighted by molar-refractivity contribution is 5.89. The lowest BCUT2D eigenvalue weighted by atomic mass is 9.78. The van der Waals surface area contributed by atoms with Gasteiger partial charge >= 0.3 is 11.9 Å². The standard InChI is InChI=1S/C56H76O14/c1-31-22-42-45(27-51(58)66-42)65-50-26-44-46(70-55(50,4)28-31)23-33(3)52-41(63-44)16-10-9-15-37-38(67-52)17-11-19-40-39(62-37)18-12-20-49-56(5,69-40)29-48-43(64-49)25-47-53(68-48)36(57)24-35(61-47)21-32(2)30-60-54(59)34-13-7-6-8-14-34/h6-11,13-14,19,31,33,35-50,52-53,57H,2,12,15-18,20-30H2,1,3-5H3/b10-9-,19-11-/t31?,33-,35+,36-,37?,38-,39?,40+,41?,42-,43?,44?,45?,46-,47?,48+,49?,50?,52+,53-,55+,56-/m0/s1. The molecule has 10 unspecified atom stereocenters. The van der Waals surface area contributed by atoms with Gasteiger partial charge in [-0.2, -0.15) is 0 Å². The number of benzene rings is 1. The van der Waals surface area contributed by atoms with Crippen molar-refractivity contribution in [1.82, 2.24) is 0 Å². The predicted molar refractivity (Wildman–Crippen MR) is 255 cm³/mol. The second-order valence-electron chi connectivity index (χ2n) is 23.1. The van der Waals surface area contributed by atoms with E-state index < -0.39 is 29.4 Å². The van der Waals surface area contributed by atoms with Crippen molar-refractivity contribution in [3.05, 3.63) is 72.4 Å². The summed E-state index contributed by atoms with van der Waals surface area (Å²) >= 11 is 0. The van der Waals surface area contributed by atoms with Crippen LogP contribution in [0.5, 0.6) is 0 Å². The van der Waals surface area contributed by atoms with Gasteiger partial charge in [-0.15, -0.1) is 0 Å². The van der Waals surface area contributed by atoms with Crippen LogP contribution < -0.4 is 0 Å². The summed E-state index contributed by atoms with van der Waals surface area (Å²) in [7, 11) is 0. The van der Waals surface area contributed by atoms with Crippen molar-refractivity contribution in [2.24, 2.45) is 11.8 Å². The Balaban J connectivity index is 0.723. The van der Waals surface area contributed by atoms with Gasteiger partial charge in [-0.25, -0.2) is 4.79 Å². The highest BCUT2D eigenvalue weighted by atomic mass is 16.6. The third-order valence-electron chi connectivity index (χ3n) is 17.4. The normalized spacial score (nSPS) is 48.9. The van der Waals surface area contributed by atoms with E-state index in [1.165, 1.54) is 0 Å². The molecule has 384 valence electrons. The van der Waals surface area contributed by atoms with Gasteiger partial charge < -0.3 is 57.2 Å². The predicted octanol–water partition coefficient (Wildman–Crippen LogP) is 7.61. The topological polar surface area (TPSA) is 156 Å². The van der Waals surface area contributed by atoms with Gasteiger partial charge in [0.15, 0.2) is 0 Å². The second kappa shape index (κ2) is 20.4. The molecular formula is C56H76O14. The van der Waals surface area contributed by atoms with Gasteiger partial charge in [0.05, 0.1) is 109 Å². The Morgan fingerprint density at radius 2 is 1.41 bits per heavy atom. The van der Waals surface area contributed by atoms with E-state index in [9.17, 15) is 14.7 Å². The summed E-state index contributed by atoms with van der Waals surface area (Å²) in [6.07, 6.45) is 14.7. The molecule has 70 heavy (non-hydrogen) atoms. The Bertz CT molecular complexity index is 2100. The van der Waals surface area contributed by atoms with Crippen LogP contribution in [-0.4, -0.2) is 145 Å². The minimum Gasteiger partial charge on any atom is -0.459 e. The molecule has 0 spiro atoms. The highest BCUT2D eigenvalue weighted by Crippen LogP contribution is 2.48. The van der Waals surface area contributed by atoms with E-state index in [0.717, 1.165) is 56.9 Å². The third kappa shape index (κ3) is 10.3. The van der Waals surface area contributed by atoms with E-state index in [2.05, 4.69) is 58.6 Å². The maximum absolute atomic E-state index is 12.5. The summed E-state index contributed by atoms with van der Waals surface area (Å²) in [5.74, 6) is -0.0736. The molecule has 1 aromatic rings. The van der Waals surface area contributed by atoms with Crippen molar-refractivity contribution in [1.29, 1.82) is 0 Å². The third-order valence-corrected chi connectivity index (χ3v) is 17.4. The molecule has 10 heterocycles. The molecular weight excluding hydrogens is 897 g/mol. The van der Waals surface area contributed by atoms with Crippen LogP contribution in [0.15, 0.2) is 66.8 Å². The molecule has 10 aliphatic heterocycles. The van der Waals surface area contributed by atoms with Crippen LogP contribution in [0.3, 0.4) is 0 Å². The SMILES string of the molecule is C=C(COC(=O)c1ccccc1)C[C@@H]1C[C@H](O)[C@@H]2O[C@@H]3C[C@]4(C)O[C@@H]5/C=C\C[C@@H]6O[C@H]7C(C/C=C\CC6OC5CCCC4OC3CC2O1)OC1CC2OC3CC(=O)O[C@H]3CC(C)C[C@@]2(C)O[C@H]1C[C@@H]7C. The van der Waals surface area contributed by atoms with Crippen molar-refractivity contribution in [3.8, 4) is 0 Å². The smallest absolute Gasteiger partial charge is 0.338 e. The van der Waals surface area contributed by atoms with Crippen molar-refractivity contribution in [3.63, 3.8) is 0 Å². The first-order chi connectivity index (χ1) is 33.8. The maximum Gasteiger partial charge on any atom is 0.338 e. The van der Waals surface area contributed by atoms with Crippen LogP contribution in [-0.2, 0) is 56.9 Å². The number of carbonyl (C=O) groups is 2. The fourth-order valence-corrected chi connectivity index (χ4v) is 14.0. The molecule has 8 fully saturated rings. The largest absolute Gasteiger partial charge is 0.459 e. The van der Waals surface area contributed by atoms with E-state index in [0.29, 0.717) is 56.4 Å². The Morgan fingerprint density at radius 3 is 2.26 bits per heavy atom. The molecule has 1 aromatic carbocycles. The van der Waals surface area contributed by atoms with Crippen LogP contribution in [0.25, 0.3) is 0 Å². The second-order valence-corrected chi connectivity index (χ2v) is 23.1. The number of aliphatic hydroxyl groups excluding tert-OH is 1. The molecule has 0 aromatic heterocycles. The van der Waals surface area contributed by atoms with Crippen molar-refractivity contribution in [2.75, 3.05) is 6.61 Å². The van der Waals surface area contributed by atoms with Crippen LogP contribution >= 0.6 is 0 Å². The maximum atomic E-state index is 12.5. The first kappa shape index (κ1) is 49.2. The van der Waals surface area contributed by atoms with Gasteiger partial charge in [0, 0.05) is 25.7 Å². The molecule has 0 bridgehead atoms. The molecule has 8 saturated heterocycles. The van der Waals surface area contributed by atoms with Crippen LogP contribution in [0.2, 0.25) is 0 Å². The van der Waals surface area contributed by atoms with E-state index >= 15 is 0 Å². The number of rotatable bonds is 5. The monoisotopic (exact) mass is 973 g/mol. The Hall–Kier alpha value is -3.02. The molecule has 10 aliphatic rings. The zero-order valence-electron chi connectivity index (χ0n) is 41.5. The number of hydrogen-bond acceptors (Lipinski definition) is 14. The van der Waals surface area contributed by atoms with Gasteiger partial charge in [0.25, 0.3) is 0 Å². The average molecular weight is 973 g/mol. The number of ether oxygens (including phenoxy) is 11. The number of esters is 2. The lowest BCUT2D eigenvalue weighted by Crippen LogP contribution is -2.65. The number of aliphatic hydroxyl groups is 1. The van der Waals surface area contributed by atoms with Gasteiger partial charge in [0.2, 0.25) is 0 Å². The summed E-state index contributed by atoms with van der Waals surface area (Å²) in [5, 5.41) is 11.5. The van der Waals surface area contributed by atoms with Crippen LogP contribution in [0.4, 0.5) is 0 Å². The van der Waals surface area contributed by atoms with Gasteiger partial charge in [0.1, 0.15) is 31.0 Å². The van der Waals surface area contributed by atoms with Crippen molar-refractivity contribution >= 4 is 11.9 Å². The van der Waals surface area contributed by atoms with E-state index in [4.69, 9.17) is 52.1 Å². The summed E-state index contributed by atoms with van der Waals surface area (Å²) < 4.78 is 74.2. The Kier molecular flexibility index (Phi) is 14.3. The molecule has 1 N–H and O–H groups in total. The van der Waals surface area contributed by atoms with Crippen molar-refractivity contribution < 1.29 is 66.8 Å². The lowest BCUT2D eigenvalue weighted by molar-refractivity contribution is -0.316. The quantitative estimate of drug-likeness (QED) is 0.227. The number of fused-ring (bicyclic) bond motifs is 9. The molecule has 0 saturated carbocycles. The fourth-order valence-electron chi connectivity index (χ4n) is 14.0. The van der Waals surface area contributed by atoms with E-state index in [1.807, 2.05) is 6.07 Å². The van der Waals surface area contributed by atoms with E-state index in [-0.39, 0.29) is 116 Å². The molecule has 0 radical (unpaired) electrons. The number of hydrogen-bond donors (Lipinski definition) is 1. The summed E-state index contributed by atoms with van der Waals surface area (Å²) in [4.78, 5) is 24.9. The van der Waals surface area contributed by atoms with Crippen molar-refractivity contribution in [2.45, 2.75) is 245 Å². The van der Waals surface area contributed by atoms with Gasteiger partial charge in [-0.3, -0.25) is 4.79 Å². The van der Waals surface area contributed by atoms with Gasteiger partial charge in [-0.1, -0.05) is 62.9 Å². The zero-order chi connectivity index (χ0) is 48.3. The molecule has 11 rings (SSSR count). The Morgan fingerprint density at radius 1 is 0.686 bits per heavy atom. The summed E-state index contributed by atoms with van der Waals surface area (Å²) in [5.41, 5.74) is 0.0913. The first-order valence-corrected chi connectivity index (χ1v) is 26.8. The highest BCUT2D eigenvalue weighted by Gasteiger charge is 2.57. The molecule has 22 atom stereocenters. The minimum absolute atomic E-state index is 0.0876. The first-order valence-electron chi connectivity index (χ1n) is 26.8. The Labute approximate surface area is 413 Å². The van der Waals surface area contributed by atoms with Crippen LogP contribution in [0.1, 0.15) is 134 Å². The minimum atomic E-state index is -0.720. The lowest BCUT2D eigenvalue weighted by Gasteiger charge is -2.55. The van der Waals surface area contributed by atoms with Crippen LogP contribution in [0, 0.1) is 11.8 Å². The molecule has 14 heteroatoms. The summed E-state index contributed by atoms with van der Waals surface area (Å²) in [6, 6.07) is 8.91. The summed E-state index contributed by atoms with van der Waals surface area (Å²) in [6.45, 7) is 13.1. The fraction of sp³-hybridized carbons (Fsp3) is 0.750. The molecule has 0 aliphatic carbocycles. The molecule has 0 amide bonds.